The number of para-hydroxylation sites is 1. The molecule has 0 saturated carbocycles. The zero-order valence-corrected chi connectivity index (χ0v) is 13.7. The molecule has 24 heavy (non-hydrogen) atoms. The van der Waals surface area contributed by atoms with Crippen LogP contribution in [0.5, 0.6) is 0 Å². The second-order valence-corrected chi connectivity index (χ2v) is 5.48. The Bertz CT molecular complexity index is 771. The van der Waals surface area contributed by atoms with Crippen LogP contribution in [0.2, 0.25) is 10.0 Å². The Hall–Kier alpha value is -2.57. The van der Waals surface area contributed by atoms with Crippen molar-refractivity contribution in [2.75, 3.05) is 11.9 Å². The van der Waals surface area contributed by atoms with E-state index in [0.29, 0.717) is 0 Å². The zero-order valence-electron chi connectivity index (χ0n) is 12.2. The summed E-state index contributed by atoms with van der Waals surface area (Å²) < 4.78 is 4.89. The maximum absolute atomic E-state index is 11.8. The lowest BCUT2D eigenvalue weighted by molar-refractivity contribution is -0.119. The molecule has 0 saturated heterocycles. The van der Waals surface area contributed by atoms with Crippen LogP contribution in [0.1, 0.15) is 20.7 Å². The molecule has 124 valence electrons. The molecule has 6 nitrogen and oxygen atoms in total. The molecule has 0 spiro atoms. The van der Waals surface area contributed by atoms with Gasteiger partial charge in [0.15, 0.2) is 6.61 Å². The highest BCUT2D eigenvalue weighted by Crippen LogP contribution is 2.29. The Morgan fingerprint density at radius 2 is 1.50 bits per heavy atom. The van der Waals surface area contributed by atoms with E-state index in [2.05, 4.69) is 5.32 Å². The van der Waals surface area contributed by atoms with Crippen molar-refractivity contribution in [1.29, 1.82) is 0 Å². The van der Waals surface area contributed by atoms with Crippen molar-refractivity contribution in [3.05, 3.63) is 63.6 Å². The molecule has 0 radical (unpaired) electrons. The van der Waals surface area contributed by atoms with E-state index in [-0.39, 0.29) is 26.9 Å². The number of esters is 1. The summed E-state index contributed by atoms with van der Waals surface area (Å²) in [6.45, 7) is -0.516. The van der Waals surface area contributed by atoms with Gasteiger partial charge >= 0.3 is 5.97 Å². The minimum atomic E-state index is -0.716. The Labute approximate surface area is 147 Å². The van der Waals surface area contributed by atoms with E-state index in [4.69, 9.17) is 33.7 Å². The van der Waals surface area contributed by atoms with Gasteiger partial charge in [-0.1, -0.05) is 29.3 Å². The predicted octanol–water partition coefficient (Wildman–Crippen LogP) is 2.89. The standard InChI is InChI=1S/C16H12Cl2N2O4/c17-11-2-1-3-12(18)14(11)20-13(21)8-24-16(23)10-6-4-9(5-7-10)15(19)22/h1-7H,8H2,(H2,19,22)(H,20,21). The first-order valence-corrected chi connectivity index (χ1v) is 7.45. The summed E-state index contributed by atoms with van der Waals surface area (Å²) >= 11 is 11.9. The summed E-state index contributed by atoms with van der Waals surface area (Å²) in [4.78, 5) is 34.6. The monoisotopic (exact) mass is 366 g/mol. The normalized spacial score (nSPS) is 10.1. The van der Waals surface area contributed by atoms with Gasteiger partial charge in [0.05, 0.1) is 21.3 Å². The van der Waals surface area contributed by atoms with Gasteiger partial charge < -0.3 is 15.8 Å². The number of hydrogen-bond acceptors (Lipinski definition) is 4. The maximum atomic E-state index is 11.8. The summed E-state index contributed by atoms with van der Waals surface area (Å²) in [5.41, 5.74) is 5.80. The molecule has 0 heterocycles. The van der Waals surface area contributed by atoms with Gasteiger partial charge in [-0.25, -0.2) is 4.79 Å². The molecule has 0 atom stereocenters. The van der Waals surface area contributed by atoms with E-state index in [1.54, 1.807) is 18.2 Å². The zero-order chi connectivity index (χ0) is 17.7. The molecule has 2 aromatic carbocycles. The summed E-state index contributed by atoms with van der Waals surface area (Å²) in [5, 5.41) is 3.00. The fourth-order valence-electron chi connectivity index (χ4n) is 1.78. The Kier molecular flexibility index (Phi) is 5.78. The summed E-state index contributed by atoms with van der Waals surface area (Å²) in [6.07, 6.45) is 0. The van der Waals surface area contributed by atoms with Crippen LogP contribution >= 0.6 is 23.2 Å². The van der Waals surface area contributed by atoms with Gasteiger partial charge in [-0.2, -0.15) is 0 Å². The first kappa shape index (κ1) is 17.8. The highest BCUT2D eigenvalue weighted by atomic mass is 35.5. The number of benzene rings is 2. The number of hydrogen-bond donors (Lipinski definition) is 2. The molecule has 0 aliphatic carbocycles. The smallest absolute Gasteiger partial charge is 0.338 e. The highest BCUT2D eigenvalue weighted by molar-refractivity contribution is 6.39. The summed E-state index contributed by atoms with van der Waals surface area (Å²) in [5.74, 6) is -1.91. The summed E-state index contributed by atoms with van der Waals surface area (Å²) in [7, 11) is 0. The molecule has 0 unspecified atom stereocenters. The van der Waals surface area contributed by atoms with Crippen molar-refractivity contribution < 1.29 is 19.1 Å². The van der Waals surface area contributed by atoms with Gasteiger partial charge in [-0.3, -0.25) is 9.59 Å². The fourth-order valence-corrected chi connectivity index (χ4v) is 2.27. The van der Waals surface area contributed by atoms with Crippen LogP contribution in [0.3, 0.4) is 0 Å². The number of carbonyl (C=O) groups is 3. The second-order valence-electron chi connectivity index (χ2n) is 4.66. The van der Waals surface area contributed by atoms with Crippen molar-refractivity contribution in [3.8, 4) is 0 Å². The average molecular weight is 367 g/mol. The number of ether oxygens (including phenoxy) is 1. The van der Waals surface area contributed by atoms with E-state index in [1.807, 2.05) is 0 Å². The summed E-state index contributed by atoms with van der Waals surface area (Å²) in [6, 6.07) is 10.3. The molecular weight excluding hydrogens is 355 g/mol. The van der Waals surface area contributed by atoms with Crippen molar-refractivity contribution in [2.24, 2.45) is 5.73 Å². The van der Waals surface area contributed by atoms with Gasteiger partial charge in [0, 0.05) is 5.56 Å². The van der Waals surface area contributed by atoms with Crippen molar-refractivity contribution in [3.63, 3.8) is 0 Å². The van der Waals surface area contributed by atoms with Gasteiger partial charge in [0.2, 0.25) is 5.91 Å². The third-order valence-corrected chi connectivity index (χ3v) is 3.60. The largest absolute Gasteiger partial charge is 0.452 e. The van der Waals surface area contributed by atoms with Gasteiger partial charge in [-0.15, -0.1) is 0 Å². The number of rotatable bonds is 5. The molecule has 0 bridgehead atoms. The van der Waals surface area contributed by atoms with E-state index in [1.165, 1.54) is 24.3 Å². The van der Waals surface area contributed by atoms with E-state index >= 15 is 0 Å². The number of anilines is 1. The van der Waals surface area contributed by atoms with E-state index in [0.717, 1.165) is 0 Å². The number of nitrogens with two attached hydrogens (primary N) is 1. The quantitative estimate of drug-likeness (QED) is 0.794. The SMILES string of the molecule is NC(=O)c1ccc(C(=O)OCC(=O)Nc2c(Cl)cccc2Cl)cc1. The van der Waals surface area contributed by atoms with Gasteiger partial charge in [0.1, 0.15) is 0 Å². The van der Waals surface area contributed by atoms with Gasteiger partial charge in [-0.05, 0) is 36.4 Å². The topological polar surface area (TPSA) is 98.5 Å². The molecule has 0 aliphatic heterocycles. The number of halogens is 2. The van der Waals surface area contributed by atoms with Gasteiger partial charge in [0.25, 0.3) is 5.91 Å². The van der Waals surface area contributed by atoms with Crippen LogP contribution < -0.4 is 11.1 Å². The Morgan fingerprint density at radius 3 is 2.04 bits per heavy atom. The van der Waals surface area contributed by atoms with E-state index < -0.39 is 24.4 Å². The Balaban J connectivity index is 1.94. The maximum Gasteiger partial charge on any atom is 0.338 e. The Morgan fingerprint density at radius 1 is 0.958 bits per heavy atom. The molecule has 2 aromatic rings. The van der Waals surface area contributed by atoms with Crippen LogP contribution in [0.4, 0.5) is 5.69 Å². The van der Waals surface area contributed by atoms with Crippen molar-refractivity contribution in [1.82, 2.24) is 0 Å². The van der Waals surface area contributed by atoms with Crippen molar-refractivity contribution in [2.45, 2.75) is 0 Å². The lowest BCUT2D eigenvalue weighted by atomic mass is 10.1. The minimum Gasteiger partial charge on any atom is -0.452 e. The average Bonchev–Trinajstić information content (AvgIpc) is 2.56. The van der Waals surface area contributed by atoms with Crippen molar-refractivity contribution >= 4 is 46.7 Å². The lowest BCUT2D eigenvalue weighted by Crippen LogP contribution is -2.21. The number of nitrogens with one attached hydrogen (secondary N) is 1. The molecular formula is C16H12Cl2N2O4. The molecule has 2 amide bonds. The predicted molar refractivity (Wildman–Crippen MR) is 90.3 cm³/mol. The van der Waals surface area contributed by atoms with Crippen LogP contribution in [-0.2, 0) is 9.53 Å². The van der Waals surface area contributed by atoms with Crippen LogP contribution in [-0.4, -0.2) is 24.4 Å². The number of amides is 2. The lowest BCUT2D eigenvalue weighted by Gasteiger charge is -2.09. The minimum absolute atomic E-state index is 0.184. The van der Waals surface area contributed by atoms with Crippen LogP contribution in [0.25, 0.3) is 0 Å². The number of primary amides is 1. The first-order valence-electron chi connectivity index (χ1n) is 6.69. The number of carbonyl (C=O) groups excluding carboxylic acids is 3. The molecule has 2 rings (SSSR count). The second kappa shape index (κ2) is 7.81. The molecule has 8 heteroatoms. The van der Waals surface area contributed by atoms with Crippen LogP contribution in [0.15, 0.2) is 42.5 Å². The third kappa shape index (κ3) is 4.47. The first-order chi connectivity index (χ1) is 11.4. The molecule has 0 aliphatic rings. The molecule has 0 aromatic heterocycles. The third-order valence-electron chi connectivity index (χ3n) is 2.97. The molecule has 0 fully saturated rings. The van der Waals surface area contributed by atoms with Crippen LogP contribution in [0, 0.1) is 0 Å². The van der Waals surface area contributed by atoms with E-state index in [9.17, 15) is 14.4 Å². The fraction of sp³-hybridized carbons (Fsp3) is 0.0625. The molecule has 3 N–H and O–H groups in total. The highest BCUT2D eigenvalue weighted by Gasteiger charge is 2.13.